The zero-order chi connectivity index (χ0) is 17.7. The van der Waals surface area contributed by atoms with Crippen LogP contribution in [0.25, 0.3) is 0 Å². The van der Waals surface area contributed by atoms with Gasteiger partial charge in [-0.1, -0.05) is 60.7 Å². The van der Waals surface area contributed by atoms with Crippen molar-refractivity contribution in [1.29, 1.82) is 10.5 Å². The van der Waals surface area contributed by atoms with Crippen LogP contribution in [0, 0.1) is 34.5 Å². The molecule has 0 fully saturated rings. The van der Waals surface area contributed by atoms with Crippen molar-refractivity contribution in [2.24, 2.45) is 11.8 Å². The molecule has 2 aromatic rings. The molecule has 2 nitrogen and oxygen atoms in total. The Kier molecular flexibility index (Phi) is 5.01. The highest BCUT2D eigenvalue weighted by Crippen LogP contribution is 2.50. The lowest BCUT2D eigenvalue weighted by molar-refractivity contribution is 0.202. The van der Waals surface area contributed by atoms with Gasteiger partial charge < -0.3 is 0 Å². The molecule has 25 heavy (non-hydrogen) atoms. The molecule has 0 bridgehead atoms. The number of aryl methyl sites for hydroxylation is 1. The Bertz CT molecular complexity index is 811. The normalized spacial score (nSPS) is 21.8. The number of fused-ring (bicyclic) bond motifs is 1. The van der Waals surface area contributed by atoms with Gasteiger partial charge in [0.15, 0.2) is 0 Å². The molecular weight excluding hydrogens is 304 g/mol. The van der Waals surface area contributed by atoms with Gasteiger partial charge in [-0.3, -0.25) is 0 Å². The zero-order valence-electron chi connectivity index (χ0n) is 14.4. The summed E-state index contributed by atoms with van der Waals surface area (Å²) >= 11 is 0. The lowest BCUT2D eigenvalue weighted by atomic mass is 9.55. The molecule has 3 rings (SSSR count). The van der Waals surface area contributed by atoms with E-state index >= 15 is 0 Å². The Morgan fingerprint density at radius 1 is 1.08 bits per heavy atom. The number of benzene rings is 2. The summed E-state index contributed by atoms with van der Waals surface area (Å²) < 4.78 is 0. The van der Waals surface area contributed by atoms with E-state index in [4.69, 9.17) is 0 Å². The van der Waals surface area contributed by atoms with E-state index in [0.29, 0.717) is 6.42 Å². The van der Waals surface area contributed by atoms with Crippen molar-refractivity contribution in [3.05, 3.63) is 83.9 Å². The van der Waals surface area contributed by atoms with Gasteiger partial charge in [-0.15, -0.1) is 6.58 Å². The molecule has 0 heterocycles. The molecule has 0 saturated heterocycles. The number of hydrogen-bond donors (Lipinski definition) is 0. The maximum atomic E-state index is 9.77. The molecule has 1 aliphatic carbocycles. The molecule has 0 saturated carbocycles. The molecule has 2 heteroatoms. The maximum Gasteiger partial charge on any atom is 0.143 e. The fourth-order valence-corrected chi connectivity index (χ4v) is 4.47. The van der Waals surface area contributed by atoms with Gasteiger partial charge in [0.1, 0.15) is 5.92 Å². The number of nitriles is 2. The van der Waals surface area contributed by atoms with Crippen LogP contribution in [0.2, 0.25) is 0 Å². The second-order valence-electron chi connectivity index (χ2n) is 6.81. The van der Waals surface area contributed by atoms with Crippen LogP contribution in [0.1, 0.15) is 29.5 Å². The van der Waals surface area contributed by atoms with E-state index in [0.717, 1.165) is 24.8 Å². The molecule has 0 aromatic heterocycles. The Hall–Kier alpha value is -2.84. The molecule has 0 unspecified atom stereocenters. The highest BCUT2D eigenvalue weighted by atomic mass is 14.5. The fraction of sp³-hybridized carbons (Fsp3) is 0.304. The molecule has 124 valence electrons. The van der Waals surface area contributed by atoms with Gasteiger partial charge >= 0.3 is 0 Å². The lowest BCUT2D eigenvalue weighted by Crippen LogP contribution is -2.45. The second kappa shape index (κ2) is 7.37. The van der Waals surface area contributed by atoms with Crippen molar-refractivity contribution in [1.82, 2.24) is 0 Å². The average Bonchev–Trinajstić information content (AvgIpc) is 2.66. The molecule has 1 aliphatic rings. The monoisotopic (exact) mass is 326 g/mol. The standard InChI is InChI=1S/C23H22N2/c1-2-14-23(21(16-24)17-25)20(15-18-8-4-3-5-9-18)13-12-19-10-6-7-11-22(19)23/h2-11,20-21H,1,12-15H2/t20-,23-/m1/s1. The van der Waals surface area contributed by atoms with Crippen LogP contribution < -0.4 is 0 Å². The lowest BCUT2D eigenvalue weighted by Gasteiger charge is -2.46. The first-order valence-electron chi connectivity index (χ1n) is 8.78. The molecule has 0 N–H and O–H groups in total. The SMILES string of the molecule is C=CC[C@@]1(C(C#N)C#N)c2ccccc2CC[C@@H]1Cc1ccccc1. The largest absolute Gasteiger partial charge is 0.197 e. The van der Waals surface area contributed by atoms with Gasteiger partial charge in [-0.2, -0.15) is 10.5 Å². The van der Waals surface area contributed by atoms with Gasteiger partial charge in [-0.25, -0.2) is 0 Å². The number of hydrogen-bond acceptors (Lipinski definition) is 2. The summed E-state index contributed by atoms with van der Waals surface area (Å²) in [6.45, 7) is 3.95. The predicted octanol–water partition coefficient (Wildman–Crippen LogP) is 4.97. The van der Waals surface area contributed by atoms with Crippen molar-refractivity contribution in [3.8, 4) is 12.1 Å². The van der Waals surface area contributed by atoms with Crippen molar-refractivity contribution in [2.75, 3.05) is 0 Å². The molecule has 0 spiro atoms. The van der Waals surface area contributed by atoms with Crippen LogP contribution in [-0.2, 0) is 18.3 Å². The third-order valence-corrected chi connectivity index (χ3v) is 5.59. The zero-order valence-corrected chi connectivity index (χ0v) is 14.4. The van der Waals surface area contributed by atoms with Crippen LogP contribution >= 0.6 is 0 Å². The van der Waals surface area contributed by atoms with Crippen molar-refractivity contribution in [3.63, 3.8) is 0 Å². The first kappa shape index (κ1) is 17.0. The van der Waals surface area contributed by atoms with Crippen molar-refractivity contribution < 1.29 is 0 Å². The van der Waals surface area contributed by atoms with Crippen LogP contribution in [-0.4, -0.2) is 0 Å². The fourth-order valence-electron chi connectivity index (χ4n) is 4.47. The summed E-state index contributed by atoms with van der Waals surface area (Å²) in [6.07, 6.45) is 5.38. The average molecular weight is 326 g/mol. The van der Waals surface area contributed by atoms with Gasteiger partial charge in [0.25, 0.3) is 0 Å². The highest BCUT2D eigenvalue weighted by Gasteiger charge is 2.49. The topological polar surface area (TPSA) is 47.6 Å². The quantitative estimate of drug-likeness (QED) is 0.728. The van der Waals surface area contributed by atoms with Gasteiger partial charge in [0.05, 0.1) is 12.1 Å². The molecule has 0 radical (unpaired) electrons. The van der Waals surface area contributed by atoms with E-state index in [1.54, 1.807) is 0 Å². The van der Waals surface area contributed by atoms with E-state index < -0.39 is 11.3 Å². The van der Waals surface area contributed by atoms with E-state index in [2.05, 4.69) is 43.0 Å². The van der Waals surface area contributed by atoms with Crippen LogP contribution in [0.5, 0.6) is 0 Å². The number of rotatable bonds is 5. The molecule has 0 amide bonds. The third-order valence-electron chi connectivity index (χ3n) is 5.59. The second-order valence-corrected chi connectivity index (χ2v) is 6.81. The number of allylic oxidation sites excluding steroid dienone is 1. The van der Waals surface area contributed by atoms with Gasteiger partial charge in [-0.05, 0) is 48.3 Å². The summed E-state index contributed by atoms with van der Waals surface area (Å²) in [6, 6.07) is 23.3. The van der Waals surface area contributed by atoms with Gasteiger partial charge in [0.2, 0.25) is 0 Å². The minimum atomic E-state index is -0.680. The van der Waals surface area contributed by atoms with Gasteiger partial charge in [0, 0.05) is 5.41 Å². The van der Waals surface area contributed by atoms with E-state index in [1.165, 1.54) is 11.1 Å². The molecule has 2 atom stereocenters. The van der Waals surface area contributed by atoms with E-state index in [-0.39, 0.29) is 5.92 Å². The summed E-state index contributed by atoms with van der Waals surface area (Å²) in [5, 5.41) is 19.5. The number of nitrogens with zero attached hydrogens (tertiary/aromatic N) is 2. The molecule has 2 aromatic carbocycles. The minimum absolute atomic E-state index is 0.243. The van der Waals surface area contributed by atoms with Crippen LogP contribution in [0.4, 0.5) is 0 Å². The summed E-state index contributed by atoms with van der Waals surface area (Å²) in [4.78, 5) is 0. The first-order valence-corrected chi connectivity index (χ1v) is 8.78. The minimum Gasteiger partial charge on any atom is -0.197 e. The maximum absolute atomic E-state index is 9.77. The Morgan fingerprint density at radius 3 is 2.44 bits per heavy atom. The van der Waals surface area contributed by atoms with Crippen molar-refractivity contribution >= 4 is 0 Å². The highest BCUT2D eigenvalue weighted by molar-refractivity contribution is 5.43. The van der Waals surface area contributed by atoms with E-state index in [9.17, 15) is 10.5 Å². The van der Waals surface area contributed by atoms with Crippen LogP contribution in [0.15, 0.2) is 67.3 Å². The molecule has 0 aliphatic heterocycles. The van der Waals surface area contributed by atoms with E-state index in [1.807, 2.05) is 36.4 Å². The first-order chi connectivity index (χ1) is 12.3. The molecular formula is C23H22N2. The smallest absolute Gasteiger partial charge is 0.143 e. The summed E-state index contributed by atoms with van der Waals surface area (Å²) in [5.74, 6) is -0.437. The Labute approximate surface area is 150 Å². The Morgan fingerprint density at radius 2 is 1.76 bits per heavy atom. The Balaban J connectivity index is 2.15. The van der Waals surface area contributed by atoms with Crippen molar-refractivity contribution in [2.45, 2.75) is 31.1 Å². The summed E-state index contributed by atoms with van der Waals surface area (Å²) in [7, 11) is 0. The predicted molar refractivity (Wildman–Crippen MR) is 99.6 cm³/mol. The third kappa shape index (κ3) is 2.97. The summed E-state index contributed by atoms with van der Waals surface area (Å²) in [5.41, 5.74) is 3.20. The van der Waals surface area contributed by atoms with Crippen LogP contribution in [0.3, 0.4) is 0 Å².